The van der Waals surface area contributed by atoms with E-state index in [4.69, 9.17) is 5.73 Å². The molecule has 0 atom stereocenters. The van der Waals surface area contributed by atoms with Crippen LogP contribution in [-0.4, -0.2) is 16.4 Å². The maximum Gasteiger partial charge on any atom is 0.244 e. The van der Waals surface area contributed by atoms with Crippen LogP contribution in [0.2, 0.25) is 0 Å². The van der Waals surface area contributed by atoms with Gasteiger partial charge in [0.05, 0.1) is 20.8 Å². The third-order valence-corrected chi connectivity index (χ3v) is 5.01. The highest BCUT2D eigenvalue weighted by molar-refractivity contribution is 7.18. The van der Waals surface area contributed by atoms with Crippen molar-refractivity contribution in [1.29, 1.82) is 0 Å². The number of nitrogens with one attached hydrogen (secondary N) is 1. The van der Waals surface area contributed by atoms with Crippen LogP contribution in [0.1, 0.15) is 36.6 Å². The van der Waals surface area contributed by atoms with E-state index in [1.807, 2.05) is 18.2 Å². The summed E-state index contributed by atoms with van der Waals surface area (Å²) in [7, 11) is 0. The second kappa shape index (κ2) is 3.77. The average Bonchev–Trinajstić information content (AvgIpc) is 3.30. The normalized spacial score (nSPS) is 20.5. The van der Waals surface area contributed by atoms with E-state index in [2.05, 4.69) is 10.3 Å². The molecule has 5 heteroatoms. The summed E-state index contributed by atoms with van der Waals surface area (Å²) in [5, 5.41) is 4.14. The molecule has 2 aliphatic rings. The molecule has 4 nitrogen and oxygen atoms in total. The first-order valence-electron chi connectivity index (χ1n) is 6.65. The minimum absolute atomic E-state index is 0.0706. The largest absolute Gasteiger partial charge is 0.324 e. The molecule has 0 unspecified atom stereocenters. The molecule has 2 saturated carbocycles. The zero-order valence-electron chi connectivity index (χ0n) is 10.5. The van der Waals surface area contributed by atoms with Crippen molar-refractivity contribution in [2.45, 2.75) is 37.1 Å². The lowest BCUT2D eigenvalue weighted by Crippen LogP contribution is -2.37. The monoisotopic (exact) mass is 273 g/mol. The smallest absolute Gasteiger partial charge is 0.244 e. The van der Waals surface area contributed by atoms with Crippen LogP contribution in [0.4, 0.5) is 5.69 Å². The first kappa shape index (κ1) is 11.4. The molecule has 1 aromatic heterocycles. The van der Waals surface area contributed by atoms with E-state index in [1.54, 1.807) is 11.3 Å². The highest BCUT2D eigenvalue weighted by atomic mass is 32.1. The topological polar surface area (TPSA) is 68.0 Å². The van der Waals surface area contributed by atoms with Gasteiger partial charge in [-0.2, -0.15) is 0 Å². The van der Waals surface area contributed by atoms with Crippen LogP contribution in [0, 0.1) is 0 Å². The van der Waals surface area contributed by atoms with E-state index in [0.29, 0.717) is 5.92 Å². The molecule has 1 aromatic carbocycles. The van der Waals surface area contributed by atoms with Crippen LogP contribution in [0.5, 0.6) is 0 Å². The van der Waals surface area contributed by atoms with Gasteiger partial charge >= 0.3 is 0 Å². The Bertz CT molecular complexity index is 670. The van der Waals surface area contributed by atoms with E-state index in [-0.39, 0.29) is 5.91 Å². The number of hydrogen-bond acceptors (Lipinski definition) is 4. The van der Waals surface area contributed by atoms with Gasteiger partial charge in [-0.25, -0.2) is 4.98 Å². The molecule has 2 aromatic rings. The van der Waals surface area contributed by atoms with Crippen LogP contribution in [0.25, 0.3) is 10.2 Å². The van der Waals surface area contributed by atoms with Crippen molar-refractivity contribution in [3.8, 4) is 0 Å². The maximum atomic E-state index is 11.9. The number of nitrogens with zero attached hydrogens (tertiary/aromatic N) is 1. The van der Waals surface area contributed by atoms with Crippen molar-refractivity contribution < 1.29 is 4.79 Å². The van der Waals surface area contributed by atoms with Crippen molar-refractivity contribution >= 4 is 33.1 Å². The van der Waals surface area contributed by atoms with E-state index in [1.165, 1.54) is 17.8 Å². The van der Waals surface area contributed by atoms with Crippen molar-refractivity contribution in [2.75, 3.05) is 5.32 Å². The predicted molar refractivity (Wildman–Crippen MR) is 76.4 cm³/mol. The van der Waals surface area contributed by atoms with Crippen LogP contribution in [0.15, 0.2) is 18.2 Å². The van der Waals surface area contributed by atoms with Crippen molar-refractivity contribution in [1.82, 2.24) is 4.98 Å². The van der Waals surface area contributed by atoms with Crippen molar-refractivity contribution in [3.05, 3.63) is 23.2 Å². The van der Waals surface area contributed by atoms with E-state index in [0.717, 1.165) is 28.7 Å². The van der Waals surface area contributed by atoms with E-state index < -0.39 is 5.54 Å². The van der Waals surface area contributed by atoms with Gasteiger partial charge in [0.25, 0.3) is 0 Å². The van der Waals surface area contributed by atoms with Gasteiger partial charge in [0.1, 0.15) is 0 Å². The average molecular weight is 273 g/mol. The summed E-state index contributed by atoms with van der Waals surface area (Å²) in [5.41, 5.74) is 7.10. The number of benzene rings is 1. The Labute approximate surface area is 115 Å². The first-order chi connectivity index (χ1) is 9.14. The predicted octanol–water partition coefficient (Wildman–Crippen LogP) is 2.60. The lowest BCUT2D eigenvalue weighted by molar-refractivity contribution is -0.118. The van der Waals surface area contributed by atoms with Gasteiger partial charge < -0.3 is 11.1 Å². The number of nitrogens with two attached hydrogens (primary N) is 1. The Morgan fingerprint density at radius 2 is 2.21 bits per heavy atom. The van der Waals surface area contributed by atoms with Crippen LogP contribution >= 0.6 is 11.3 Å². The van der Waals surface area contributed by atoms with Crippen LogP contribution in [0.3, 0.4) is 0 Å². The van der Waals surface area contributed by atoms with Crippen molar-refractivity contribution in [2.24, 2.45) is 5.73 Å². The van der Waals surface area contributed by atoms with Gasteiger partial charge in [0.15, 0.2) is 0 Å². The third kappa shape index (κ3) is 2.03. The van der Waals surface area contributed by atoms with Gasteiger partial charge in [0.2, 0.25) is 5.91 Å². The number of aromatic nitrogens is 1. The number of amides is 1. The zero-order valence-corrected chi connectivity index (χ0v) is 11.3. The molecule has 19 heavy (non-hydrogen) atoms. The van der Waals surface area contributed by atoms with Gasteiger partial charge in [0, 0.05) is 11.6 Å². The number of carbonyl (C=O) groups excluding carboxylic acids is 1. The second-order valence-corrected chi connectivity index (χ2v) is 6.68. The summed E-state index contributed by atoms with van der Waals surface area (Å²) in [4.78, 5) is 16.5. The molecule has 0 spiro atoms. The molecule has 1 amide bonds. The van der Waals surface area contributed by atoms with Gasteiger partial charge in [-0.15, -0.1) is 11.3 Å². The summed E-state index contributed by atoms with van der Waals surface area (Å²) in [6, 6.07) is 5.88. The third-order valence-electron chi connectivity index (χ3n) is 3.83. The highest BCUT2D eigenvalue weighted by Crippen LogP contribution is 2.43. The molecule has 2 aliphatic carbocycles. The number of anilines is 1. The van der Waals surface area contributed by atoms with E-state index in [9.17, 15) is 4.79 Å². The number of carbonyl (C=O) groups is 1. The summed E-state index contributed by atoms with van der Waals surface area (Å²) in [6.45, 7) is 0. The number of thiazole rings is 1. The van der Waals surface area contributed by atoms with Crippen LogP contribution < -0.4 is 11.1 Å². The Morgan fingerprint density at radius 3 is 2.89 bits per heavy atom. The molecule has 3 N–H and O–H groups in total. The summed E-state index contributed by atoms with van der Waals surface area (Å²) in [6.07, 6.45) is 4.10. The fourth-order valence-corrected chi connectivity index (χ4v) is 3.32. The summed E-state index contributed by atoms with van der Waals surface area (Å²) < 4.78 is 1.14. The molecule has 1 heterocycles. The standard InChI is InChI=1S/C14H15N3OS/c15-14(5-6-14)13(18)16-9-3-4-10-11(7-9)19-12(17-10)8-1-2-8/h3-4,7-8H,1-2,5-6,15H2,(H,16,18). The first-order valence-corrected chi connectivity index (χ1v) is 7.47. The van der Waals surface area contributed by atoms with Gasteiger partial charge in [-0.1, -0.05) is 0 Å². The lowest BCUT2D eigenvalue weighted by atomic mass is 10.2. The molecule has 0 saturated heterocycles. The molecule has 0 bridgehead atoms. The Hall–Kier alpha value is -1.46. The minimum Gasteiger partial charge on any atom is -0.324 e. The number of fused-ring (bicyclic) bond motifs is 1. The Balaban J connectivity index is 1.61. The molecular formula is C14H15N3OS. The molecule has 0 aliphatic heterocycles. The van der Waals surface area contributed by atoms with Crippen LogP contribution in [-0.2, 0) is 4.79 Å². The summed E-state index contributed by atoms with van der Waals surface area (Å²) in [5.74, 6) is 0.605. The Kier molecular flexibility index (Phi) is 2.26. The van der Waals surface area contributed by atoms with Gasteiger partial charge in [-0.05, 0) is 43.9 Å². The summed E-state index contributed by atoms with van der Waals surface area (Å²) >= 11 is 1.74. The maximum absolute atomic E-state index is 11.9. The molecule has 4 rings (SSSR count). The number of rotatable bonds is 3. The Morgan fingerprint density at radius 1 is 1.42 bits per heavy atom. The quantitative estimate of drug-likeness (QED) is 0.903. The molecular weight excluding hydrogens is 258 g/mol. The second-order valence-electron chi connectivity index (χ2n) is 5.62. The van der Waals surface area contributed by atoms with Gasteiger partial charge in [-0.3, -0.25) is 4.79 Å². The zero-order chi connectivity index (χ0) is 13.0. The lowest BCUT2D eigenvalue weighted by Gasteiger charge is -2.09. The van der Waals surface area contributed by atoms with Crippen molar-refractivity contribution in [3.63, 3.8) is 0 Å². The fraction of sp³-hybridized carbons (Fsp3) is 0.429. The molecule has 2 fully saturated rings. The molecule has 0 radical (unpaired) electrons. The highest BCUT2D eigenvalue weighted by Gasteiger charge is 2.45. The number of hydrogen-bond donors (Lipinski definition) is 2. The fourth-order valence-electron chi connectivity index (χ4n) is 2.14. The minimum atomic E-state index is -0.623. The SMILES string of the molecule is NC1(C(=O)Nc2ccc3nc(C4CC4)sc3c2)CC1. The molecule has 98 valence electrons. The van der Waals surface area contributed by atoms with E-state index >= 15 is 0 Å².